The van der Waals surface area contributed by atoms with Gasteiger partial charge in [-0.2, -0.15) is 0 Å². The Bertz CT molecular complexity index is 326. The number of nitrogens with zero attached hydrogens (tertiary/aromatic N) is 1. The van der Waals surface area contributed by atoms with Crippen molar-refractivity contribution >= 4 is 17.4 Å². The molecule has 0 N–H and O–H groups in total. The Kier molecular flexibility index (Phi) is 2.93. The normalized spacial score (nSPS) is 10.1. The topological polar surface area (TPSA) is 43.1 Å². The average molecular weight is 197 g/mol. The van der Waals surface area contributed by atoms with E-state index in [1.54, 1.807) is 25.6 Å². The maximum atomic E-state index is 10.6. The standard InChI is InChI=1S/C9H11NO2S/c1-6-4-8(13-3)5-7(2)9(6)10(11)12/h4-5H,1-3H3. The summed E-state index contributed by atoms with van der Waals surface area (Å²) >= 11 is 1.59. The van der Waals surface area contributed by atoms with Crippen LogP contribution in [0.4, 0.5) is 5.69 Å². The molecular formula is C9H11NO2S. The quantitative estimate of drug-likeness (QED) is 0.416. The Morgan fingerprint density at radius 1 is 1.31 bits per heavy atom. The number of nitro groups is 1. The first-order valence-electron chi connectivity index (χ1n) is 3.86. The molecule has 0 saturated heterocycles. The van der Waals surface area contributed by atoms with Crippen LogP contribution < -0.4 is 0 Å². The van der Waals surface area contributed by atoms with Gasteiger partial charge in [-0.1, -0.05) is 0 Å². The van der Waals surface area contributed by atoms with Crippen molar-refractivity contribution in [3.05, 3.63) is 33.4 Å². The third kappa shape index (κ3) is 2.01. The summed E-state index contributed by atoms with van der Waals surface area (Å²) in [6, 6.07) is 3.69. The molecule has 13 heavy (non-hydrogen) atoms. The van der Waals surface area contributed by atoms with E-state index in [2.05, 4.69) is 0 Å². The van der Waals surface area contributed by atoms with Gasteiger partial charge in [0.1, 0.15) is 0 Å². The second-order valence-corrected chi connectivity index (χ2v) is 3.75. The predicted molar refractivity (Wildman–Crippen MR) is 54.4 cm³/mol. The minimum atomic E-state index is -0.325. The molecule has 0 amide bonds. The zero-order valence-corrected chi connectivity index (χ0v) is 8.64. The van der Waals surface area contributed by atoms with Gasteiger partial charge in [0.05, 0.1) is 4.92 Å². The largest absolute Gasteiger partial charge is 0.275 e. The van der Waals surface area contributed by atoms with Gasteiger partial charge in [0.2, 0.25) is 0 Å². The number of thioether (sulfide) groups is 1. The van der Waals surface area contributed by atoms with Crippen molar-refractivity contribution in [2.75, 3.05) is 6.26 Å². The van der Waals surface area contributed by atoms with Crippen LogP contribution in [-0.2, 0) is 0 Å². The molecule has 1 aromatic rings. The number of benzene rings is 1. The number of nitro benzene ring substituents is 1. The van der Waals surface area contributed by atoms with Crippen LogP contribution >= 0.6 is 11.8 Å². The monoisotopic (exact) mass is 197 g/mol. The van der Waals surface area contributed by atoms with Gasteiger partial charge in [-0.25, -0.2) is 0 Å². The summed E-state index contributed by atoms with van der Waals surface area (Å²) in [5.41, 5.74) is 1.70. The molecule has 0 saturated carbocycles. The van der Waals surface area contributed by atoms with Gasteiger partial charge in [0.25, 0.3) is 5.69 Å². The summed E-state index contributed by atoms with van der Waals surface area (Å²) in [5, 5.41) is 10.6. The second-order valence-electron chi connectivity index (χ2n) is 2.87. The molecule has 0 atom stereocenters. The van der Waals surface area contributed by atoms with E-state index in [1.165, 1.54) is 0 Å². The van der Waals surface area contributed by atoms with E-state index in [4.69, 9.17) is 0 Å². The fraction of sp³-hybridized carbons (Fsp3) is 0.333. The van der Waals surface area contributed by atoms with Crippen LogP contribution in [0.3, 0.4) is 0 Å². The molecule has 0 heterocycles. The van der Waals surface area contributed by atoms with E-state index in [-0.39, 0.29) is 10.6 Å². The molecule has 0 aliphatic carbocycles. The molecule has 1 rings (SSSR count). The van der Waals surface area contributed by atoms with Gasteiger partial charge in [-0.15, -0.1) is 11.8 Å². The van der Waals surface area contributed by atoms with Crippen molar-refractivity contribution in [1.82, 2.24) is 0 Å². The molecule has 0 radical (unpaired) electrons. The molecule has 4 heteroatoms. The maximum absolute atomic E-state index is 10.6. The fourth-order valence-corrected chi connectivity index (χ4v) is 1.91. The average Bonchev–Trinajstić information content (AvgIpc) is 2.02. The van der Waals surface area contributed by atoms with E-state index in [9.17, 15) is 10.1 Å². The van der Waals surface area contributed by atoms with Crippen molar-refractivity contribution < 1.29 is 4.92 Å². The predicted octanol–water partition coefficient (Wildman–Crippen LogP) is 2.93. The van der Waals surface area contributed by atoms with Crippen LogP contribution in [-0.4, -0.2) is 11.2 Å². The molecule has 0 aromatic heterocycles. The second kappa shape index (κ2) is 3.79. The minimum absolute atomic E-state index is 0.234. The van der Waals surface area contributed by atoms with Crippen molar-refractivity contribution in [2.45, 2.75) is 18.7 Å². The maximum Gasteiger partial charge on any atom is 0.275 e. The Morgan fingerprint density at radius 3 is 2.08 bits per heavy atom. The smallest absolute Gasteiger partial charge is 0.258 e. The highest BCUT2D eigenvalue weighted by Crippen LogP contribution is 2.27. The summed E-state index contributed by atoms with van der Waals surface area (Å²) in [5.74, 6) is 0. The molecule has 0 spiro atoms. The number of hydrogen-bond donors (Lipinski definition) is 0. The zero-order chi connectivity index (χ0) is 10.0. The summed E-state index contributed by atoms with van der Waals surface area (Å²) in [4.78, 5) is 11.4. The summed E-state index contributed by atoms with van der Waals surface area (Å²) in [6.45, 7) is 3.54. The van der Waals surface area contributed by atoms with E-state index >= 15 is 0 Å². The van der Waals surface area contributed by atoms with Gasteiger partial charge in [0.15, 0.2) is 0 Å². The molecule has 0 unspecified atom stereocenters. The lowest BCUT2D eigenvalue weighted by Gasteiger charge is -2.03. The highest BCUT2D eigenvalue weighted by molar-refractivity contribution is 7.98. The molecule has 0 aliphatic heterocycles. The lowest BCUT2D eigenvalue weighted by molar-refractivity contribution is -0.386. The summed E-state index contributed by atoms with van der Waals surface area (Å²) in [6.07, 6.45) is 1.96. The van der Waals surface area contributed by atoms with Gasteiger partial charge >= 0.3 is 0 Å². The Labute approximate surface area is 81.3 Å². The third-order valence-electron chi connectivity index (χ3n) is 1.88. The third-order valence-corrected chi connectivity index (χ3v) is 2.59. The van der Waals surface area contributed by atoms with Crippen LogP contribution in [0.15, 0.2) is 17.0 Å². The highest BCUT2D eigenvalue weighted by Gasteiger charge is 2.14. The van der Waals surface area contributed by atoms with Crippen molar-refractivity contribution in [3.8, 4) is 0 Å². The van der Waals surface area contributed by atoms with E-state index in [0.717, 1.165) is 16.0 Å². The molecular weight excluding hydrogens is 186 g/mol. The van der Waals surface area contributed by atoms with E-state index < -0.39 is 0 Å². The van der Waals surface area contributed by atoms with Crippen molar-refractivity contribution in [1.29, 1.82) is 0 Å². The number of hydrogen-bond acceptors (Lipinski definition) is 3. The lowest BCUT2D eigenvalue weighted by atomic mass is 10.1. The van der Waals surface area contributed by atoms with Gasteiger partial charge in [-0.3, -0.25) is 10.1 Å². The summed E-state index contributed by atoms with van der Waals surface area (Å²) in [7, 11) is 0. The number of rotatable bonds is 2. The Hall–Kier alpha value is -1.03. The van der Waals surface area contributed by atoms with Gasteiger partial charge < -0.3 is 0 Å². The first kappa shape index (κ1) is 10.1. The molecule has 0 aliphatic rings. The van der Waals surface area contributed by atoms with Crippen LogP contribution in [0.25, 0.3) is 0 Å². The van der Waals surface area contributed by atoms with Crippen molar-refractivity contribution in [3.63, 3.8) is 0 Å². The first-order chi connectivity index (χ1) is 6.06. The Balaban J connectivity index is 3.31. The van der Waals surface area contributed by atoms with Gasteiger partial charge in [0, 0.05) is 16.0 Å². The lowest BCUT2D eigenvalue weighted by Crippen LogP contribution is -1.95. The van der Waals surface area contributed by atoms with Crippen LogP contribution in [0.5, 0.6) is 0 Å². The molecule has 70 valence electrons. The van der Waals surface area contributed by atoms with Crippen LogP contribution in [0, 0.1) is 24.0 Å². The van der Waals surface area contributed by atoms with E-state index in [0.29, 0.717) is 0 Å². The molecule has 3 nitrogen and oxygen atoms in total. The van der Waals surface area contributed by atoms with E-state index in [1.807, 2.05) is 18.4 Å². The highest BCUT2D eigenvalue weighted by atomic mass is 32.2. The first-order valence-corrected chi connectivity index (χ1v) is 5.08. The van der Waals surface area contributed by atoms with Gasteiger partial charge in [-0.05, 0) is 32.2 Å². The SMILES string of the molecule is CSc1cc(C)c([N+](=O)[O-])c(C)c1. The minimum Gasteiger partial charge on any atom is -0.258 e. The fourth-order valence-electron chi connectivity index (χ4n) is 1.32. The van der Waals surface area contributed by atoms with Crippen LogP contribution in [0.2, 0.25) is 0 Å². The number of aryl methyl sites for hydroxylation is 2. The molecule has 1 aromatic carbocycles. The van der Waals surface area contributed by atoms with Crippen LogP contribution in [0.1, 0.15) is 11.1 Å². The Morgan fingerprint density at radius 2 is 1.77 bits per heavy atom. The summed E-state index contributed by atoms with van der Waals surface area (Å²) < 4.78 is 0. The zero-order valence-electron chi connectivity index (χ0n) is 7.83. The molecule has 0 fully saturated rings. The molecule has 0 bridgehead atoms. The van der Waals surface area contributed by atoms with Crippen molar-refractivity contribution in [2.24, 2.45) is 0 Å².